The van der Waals surface area contributed by atoms with E-state index in [1.807, 2.05) is 6.07 Å². The maximum atomic E-state index is 11.4. The van der Waals surface area contributed by atoms with E-state index in [4.69, 9.17) is 16.2 Å². The molecule has 0 spiro atoms. The van der Waals surface area contributed by atoms with Crippen LogP contribution in [0.2, 0.25) is 0 Å². The van der Waals surface area contributed by atoms with Gasteiger partial charge in [-0.2, -0.15) is 0 Å². The Morgan fingerprint density at radius 3 is 2.67 bits per heavy atom. The molecule has 0 aliphatic heterocycles. The Morgan fingerprint density at radius 2 is 2.00 bits per heavy atom. The number of anilines is 1. The average Bonchev–Trinajstić information content (AvgIpc) is 2.64. The number of hydrogen-bond acceptors (Lipinski definition) is 5. The molecule has 2 aromatic rings. The molecule has 1 fully saturated rings. The van der Waals surface area contributed by atoms with E-state index in [0.717, 1.165) is 18.2 Å². The number of hydrogen-bond donors (Lipinski definition) is 2. The highest BCUT2D eigenvalue weighted by Gasteiger charge is 2.20. The second-order valence-electron chi connectivity index (χ2n) is 5.43. The van der Waals surface area contributed by atoms with Gasteiger partial charge in [0.1, 0.15) is 15.5 Å². The smallest absolute Gasteiger partial charge is 0.260 e. The number of aromatic nitrogens is 1. The van der Waals surface area contributed by atoms with Gasteiger partial charge in [0.05, 0.1) is 17.2 Å². The highest BCUT2D eigenvalue weighted by Crippen LogP contribution is 2.39. The maximum Gasteiger partial charge on any atom is 0.260 e. The molecule has 6 heteroatoms. The largest absolute Gasteiger partial charge is 0.490 e. The molecule has 1 saturated carbocycles. The molecular formula is C15H19N3O2S. The van der Waals surface area contributed by atoms with Crippen molar-refractivity contribution >= 4 is 33.1 Å². The van der Waals surface area contributed by atoms with Crippen molar-refractivity contribution in [1.29, 1.82) is 0 Å². The first kappa shape index (κ1) is 14.1. The molecule has 21 heavy (non-hydrogen) atoms. The van der Waals surface area contributed by atoms with E-state index < -0.39 is 5.91 Å². The Labute approximate surface area is 127 Å². The van der Waals surface area contributed by atoms with Crippen molar-refractivity contribution < 1.29 is 9.53 Å². The van der Waals surface area contributed by atoms with E-state index in [9.17, 15) is 4.79 Å². The molecule has 1 amide bonds. The zero-order valence-electron chi connectivity index (χ0n) is 11.8. The Balaban J connectivity index is 1.96. The van der Waals surface area contributed by atoms with Crippen molar-refractivity contribution in [2.75, 3.05) is 5.73 Å². The molecule has 3 rings (SSSR count). The van der Waals surface area contributed by atoms with Crippen LogP contribution in [0.4, 0.5) is 5.69 Å². The van der Waals surface area contributed by atoms with Crippen molar-refractivity contribution in [1.82, 2.24) is 4.98 Å². The van der Waals surface area contributed by atoms with E-state index in [1.54, 1.807) is 6.20 Å². The van der Waals surface area contributed by atoms with E-state index in [1.165, 1.54) is 37.0 Å². The van der Waals surface area contributed by atoms with Crippen molar-refractivity contribution in [3.05, 3.63) is 17.1 Å². The van der Waals surface area contributed by atoms with Gasteiger partial charge in [-0.15, -0.1) is 11.3 Å². The minimum atomic E-state index is -0.518. The molecule has 0 unspecified atom stereocenters. The summed E-state index contributed by atoms with van der Waals surface area (Å²) >= 11 is 1.22. The standard InChI is InChI=1S/C15H19N3O2S/c16-12-11-10(20-9-5-3-1-2-4-6-9)7-8-18-15(11)21-13(12)14(17)19/h7-9H,1-6,16H2,(H2,17,19). The fraction of sp³-hybridized carbons (Fsp3) is 0.467. The average molecular weight is 305 g/mol. The van der Waals surface area contributed by atoms with Gasteiger partial charge in [-0.25, -0.2) is 4.98 Å². The van der Waals surface area contributed by atoms with Crippen molar-refractivity contribution in [2.45, 2.75) is 44.6 Å². The number of thiophene rings is 1. The number of rotatable bonds is 3. The van der Waals surface area contributed by atoms with Crippen LogP contribution < -0.4 is 16.2 Å². The summed E-state index contributed by atoms with van der Waals surface area (Å²) in [5.74, 6) is 0.198. The molecular weight excluding hydrogens is 286 g/mol. The molecule has 0 atom stereocenters. The topological polar surface area (TPSA) is 91.2 Å². The number of primary amides is 1. The number of ether oxygens (including phenoxy) is 1. The Hall–Kier alpha value is -1.82. The molecule has 4 N–H and O–H groups in total. The summed E-state index contributed by atoms with van der Waals surface area (Å²) in [6.07, 6.45) is 8.99. The normalized spacial score (nSPS) is 16.8. The maximum absolute atomic E-state index is 11.4. The molecule has 2 heterocycles. The fourth-order valence-corrected chi connectivity index (χ4v) is 3.77. The number of nitrogens with two attached hydrogens (primary N) is 2. The van der Waals surface area contributed by atoms with Crippen LogP contribution in [0.25, 0.3) is 10.2 Å². The summed E-state index contributed by atoms with van der Waals surface area (Å²) in [6.45, 7) is 0. The summed E-state index contributed by atoms with van der Waals surface area (Å²) in [5.41, 5.74) is 11.8. The van der Waals surface area contributed by atoms with Gasteiger partial charge in [0, 0.05) is 6.20 Å². The predicted molar refractivity (Wildman–Crippen MR) is 84.7 cm³/mol. The molecule has 112 valence electrons. The van der Waals surface area contributed by atoms with Gasteiger partial charge in [-0.1, -0.05) is 12.8 Å². The zero-order valence-corrected chi connectivity index (χ0v) is 12.6. The van der Waals surface area contributed by atoms with Gasteiger partial charge in [-0.3, -0.25) is 4.79 Å². The van der Waals surface area contributed by atoms with Crippen molar-refractivity contribution in [3.8, 4) is 5.75 Å². The number of pyridine rings is 1. The minimum absolute atomic E-state index is 0.217. The number of carbonyl (C=O) groups excluding carboxylic acids is 1. The molecule has 0 radical (unpaired) electrons. The molecule has 1 aliphatic rings. The third-order valence-electron chi connectivity index (χ3n) is 3.91. The van der Waals surface area contributed by atoms with Crippen molar-refractivity contribution in [3.63, 3.8) is 0 Å². The Morgan fingerprint density at radius 1 is 1.29 bits per heavy atom. The van der Waals surface area contributed by atoms with Gasteiger partial charge in [0.15, 0.2) is 0 Å². The summed E-state index contributed by atoms with van der Waals surface area (Å²) in [6, 6.07) is 1.82. The lowest BCUT2D eigenvalue weighted by atomic mass is 10.1. The molecule has 0 aromatic carbocycles. The number of carbonyl (C=O) groups is 1. The van der Waals surface area contributed by atoms with Gasteiger partial charge in [0.2, 0.25) is 0 Å². The molecule has 0 bridgehead atoms. The van der Waals surface area contributed by atoms with Crippen LogP contribution in [-0.4, -0.2) is 17.0 Å². The first-order valence-corrected chi connectivity index (χ1v) is 8.12. The van der Waals surface area contributed by atoms with Gasteiger partial charge >= 0.3 is 0 Å². The predicted octanol–water partition coefficient (Wildman–Crippen LogP) is 3.08. The quantitative estimate of drug-likeness (QED) is 0.852. The molecule has 1 aliphatic carbocycles. The zero-order chi connectivity index (χ0) is 14.8. The van der Waals surface area contributed by atoms with Crippen LogP contribution in [0.5, 0.6) is 5.75 Å². The second kappa shape index (κ2) is 5.89. The number of fused-ring (bicyclic) bond motifs is 1. The van der Waals surface area contributed by atoms with Crippen LogP contribution in [0.3, 0.4) is 0 Å². The monoisotopic (exact) mass is 305 g/mol. The Bertz CT molecular complexity index is 660. The first-order valence-electron chi connectivity index (χ1n) is 7.30. The van der Waals surface area contributed by atoms with E-state index in [-0.39, 0.29) is 6.10 Å². The van der Waals surface area contributed by atoms with Gasteiger partial charge < -0.3 is 16.2 Å². The molecule has 2 aromatic heterocycles. The highest BCUT2D eigenvalue weighted by molar-refractivity contribution is 7.21. The van der Waals surface area contributed by atoms with E-state index in [2.05, 4.69) is 4.98 Å². The lowest BCUT2D eigenvalue weighted by molar-refractivity contribution is 0.100. The summed E-state index contributed by atoms with van der Waals surface area (Å²) < 4.78 is 6.16. The second-order valence-corrected chi connectivity index (χ2v) is 6.43. The molecule has 5 nitrogen and oxygen atoms in total. The molecule has 0 saturated heterocycles. The lowest BCUT2D eigenvalue weighted by Crippen LogP contribution is -2.15. The van der Waals surface area contributed by atoms with Crippen LogP contribution in [0, 0.1) is 0 Å². The van der Waals surface area contributed by atoms with Crippen LogP contribution >= 0.6 is 11.3 Å². The number of nitrogen functional groups attached to an aromatic ring is 1. The Kier molecular flexibility index (Phi) is 3.96. The van der Waals surface area contributed by atoms with Gasteiger partial charge in [0.25, 0.3) is 5.91 Å². The third-order valence-corrected chi connectivity index (χ3v) is 5.04. The summed E-state index contributed by atoms with van der Waals surface area (Å²) in [4.78, 5) is 16.7. The van der Waals surface area contributed by atoms with Crippen LogP contribution in [0.1, 0.15) is 48.2 Å². The fourth-order valence-electron chi connectivity index (χ4n) is 2.84. The van der Waals surface area contributed by atoms with Crippen LogP contribution in [0.15, 0.2) is 12.3 Å². The van der Waals surface area contributed by atoms with Crippen LogP contribution in [-0.2, 0) is 0 Å². The first-order chi connectivity index (χ1) is 10.2. The SMILES string of the molecule is NC(=O)c1sc2nccc(OC3CCCCCC3)c2c1N. The van der Waals surface area contributed by atoms with Crippen molar-refractivity contribution in [2.24, 2.45) is 5.73 Å². The third kappa shape index (κ3) is 2.81. The summed E-state index contributed by atoms with van der Waals surface area (Å²) in [5, 5.41) is 0.723. The summed E-state index contributed by atoms with van der Waals surface area (Å²) in [7, 11) is 0. The highest BCUT2D eigenvalue weighted by atomic mass is 32.1. The number of amides is 1. The van der Waals surface area contributed by atoms with Gasteiger partial charge in [-0.05, 0) is 31.7 Å². The number of nitrogens with zero attached hydrogens (tertiary/aromatic N) is 1. The van der Waals surface area contributed by atoms with E-state index in [0.29, 0.717) is 21.1 Å². The minimum Gasteiger partial charge on any atom is -0.490 e. The lowest BCUT2D eigenvalue weighted by Gasteiger charge is -2.17. The van der Waals surface area contributed by atoms with E-state index >= 15 is 0 Å².